The SMILES string of the molecule is CCC(Sc1nnc(-c2ccc(C)cc2)o1)C(=O)c1ccc(OC)cc1. The highest BCUT2D eigenvalue weighted by Gasteiger charge is 2.23. The lowest BCUT2D eigenvalue weighted by molar-refractivity contribution is 0.0987. The van der Waals surface area contributed by atoms with Gasteiger partial charge in [-0.1, -0.05) is 36.4 Å². The van der Waals surface area contributed by atoms with Crippen LogP contribution in [0.15, 0.2) is 58.2 Å². The van der Waals surface area contributed by atoms with E-state index in [1.165, 1.54) is 17.3 Å². The minimum absolute atomic E-state index is 0.0373. The van der Waals surface area contributed by atoms with Gasteiger partial charge >= 0.3 is 0 Å². The highest BCUT2D eigenvalue weighted by Crippen LogP contribution is 2.30. The van der Waals surface area contributed by atoms with E-state index in [2.05, 4.69) is 10.2 Å². The summed E-state index contributed by atoms with van der Waals surface area (Å²) in [4.78, 5) is 12.7. The molecular formula is C20H20N2O3S. The Kier molecular flexibility index (Phi) is 5.73. The van der Waals surface area contributed by atoms with E-state index in [1.54, 1.807) is 31.4 Å². The van der Waals surface area contributed by atoms with Crippen molar-refractivity contribution in [2.24, 2.45) is 0 Å². The summed E-state index contributed by atoms with van der Waals surface area (Å²) in [5, 5.41) is 8.29. The first-order valence-corrected chi connectivity index (χ1v) is 9.24. The van der Waals surface area contributed by atoms with Crippen molar-refractivity contribution in [2.45, 2.75) is 30.7 Å². The molecule has 0 bridgehead atoms. The maximum absolute atomic E-state index is 12.7. The second-order valence-electron chi connectivity index (χ2n) is 5.85. The van der Waals surface area contributed by atoms with Gasteiger partial charge in [0.05, 0.1) is 12.4 Å². The molecule has 0 aliphatic rings. The highest BCUT2D eigenvalue weighted by molar-refractivity contribution is 8.00. The molecule has 1 unspecified atom stereocenters. The summed E-state index contributed by atoms with van der Waals surface area (Å²) < 4.78 is 10.9. The Hall–Kier alpha value is -2.60. The number of methoxy groups -OCH3 is 1. The highest BCUT2D eigenvalue weighted by atomic mass is 32.2. The van der Waals surface area contributed by atoms with Gasteiger partial charge in [-0.3, -0.25) is 4.79 Å². The van der Waals surface area contributed by atoms with Crippen molar-refractivity contribution >= 4 is 17.5 Å². The van der Waals surface area contributed by atoms with Crippen LogP contribution >= 0.6 is 11.8 Å². The number of ether oxygens (including phenoxy) is 1. The van der Waals surface area contributed by atoms with Gasteiger partial charge in [0.15, 0.2) is 5.78 Å². The average molecular weight is 368 g/mol. The predicted octanol–water partition coefficient (Wildman–Crippen LogP) is 4.81. The van der Waals surface area contributed by atoms with Gasteiger partial charge in [-0.15, -0.1) is 10.2 Å². The van der Waals surface area contributed by atoms with Crippen LogP contribution in [-0.4, -0.2) is 28.3 Å². The first kappa shape index (κ1) is 18.2. The molecule has 0 aliphatic heterocycles. The van der Waals surface area contributed by atoms with Crippen LogP contribution in [0.4, 0.5) is 0 Å². The van der Waals surface area contributed by atoms with Crippen LogP contribution < -0.4 is 4.74 Å². The van der Waals surface area contributed by atoms with Gasteiger partial charge in [-0.05, 0) is 49.7 Å². The van der Waals surface area contributed by atoms with Crippen LogP contribution in [0.1, 0.15) is 29.3 Å². The van der Waals surface area contributed by atoms with E-state index in [4.69, 9.17) is 9.15 Å². The molecule has 134 valence electrons. The minimum atomic E-state index is -0.283. The summed E-state index contributed by atoms with van der Waals surface area (Å²) >= 11 is 1.30. The van der Waals surface area contributed by atoms with Crippen LogP contribution in [0.2, 0.25) is 0 Å². The standard InChI is InChI=1S/C20H20N2O3S/c1-4-17(18(23)14-9-11-16(24-3)12-10-14)26-20-22-21-19(25-20)15-7-5-13(2)6-8-15/h5-12,17H,4H2,1-3H3. The molecule has 1 aromatic heterocycles. The zero-order valence-electron chi connectivity index (χ0n) is 14.9. The molecule has 0 saturated carbocycles. The van der Waals surface area contributed by atoms with Crippen molar-refractivity contribution in [2.75, 3.05) is 7.11 Å². The third kappa shape index (κ3) is 4.14. The van der Waals surface area contributed by atoms with Crippen molar-refractivity contribution in [3.05, 3.63) is 59.7 Å². The fraction of sp³-hybridized carbons (Fsp3) is 0.250. The van der Waals surface area contributed by atoms with Crippen LogP contribution in [0.3, 0.4) is 0 Å². The maximum Gasteiger partial charge on any atom is 0.277 e. The van der Waals surface area contributed by atoms with E-state index in [9.17, 15) is 4.79 Å². The fourth-order valence-corrected chi connectivity index (χ4v) is 3.32. The molecule has 5 nitrogen and oxygen atoms in total. The smallest absolute Gasteiger partial charge is 0.277 e. The number of carbonyl (C=O) groups excluding carboxylic acids is 1. The Morgan fingerprint density at radius 2 is 1.81 bits per heavy atom. The number of aryl methyl sites for hydroxylation is 1. The van der Waals surface area contributed by atoms with Crippen LogP contribution in [-0.2, 0) is 0 Å². The van der Waals surface area contributed by atoms with Gasteiger partial charge in [-0.25, -0.2) is 0 Å². The lowest BCUT2D eigenvalue weighted by atomic mass is 10.1. The van der Waals surface area contributed by atoms with Crippen molar-refractivity contribution < 1.29 is 13.9 Å². The zero-order chi connectivity index (χ0) is 18.5. The summed E-state index contributed by atoms with van der Waals surface area (Å²) in [5.74, 6) is 1.22. The molecular weight excluding hydrogens is 348 g/mol. The lowest BCUT2D eigenvalue weighted by Crippen LogP contribution is -2.16. The van der Waals surface area contributed by atoms with Gasteiger partial charge in [0.1, 0.15) is 5.75 Å². The van der Waals surface area contributed by atoms with Gasteiger partial charge in [0, 0.05) is 11.1 Å². The Morgan fingerprint density at radius 1 is 1.12 bits per heavy atom. The number of carbonyl (C=O) groups is 1. The fourth-order valence-electron chi connectivity index (χ4n) is 2.46. The first-order valence-electron chi connectivity index (χ1n) is 8.36. The second kappa shape index (κ2) is 8.19. The largest absolute Gasteiger partial charge is 0.497 e. The molecule has 26 heavy (non-hydrogen) atoms. The Labute approximate surface area is 156 Å². The number of hydrogen-bond donors (Lipinski definition) is 0. The average Bonchev–Trinajstić information content (AvgIpc) is 3.15. The molecule has 0 amide bonds. The van der Waals surface area contributed by atoms with E-state index < -0.39 is 0 Å². The molecule has 1 atom stereocenters. The quantitative estimate of drug-likeness (QED) is 0.440. The normalized spacial score (nSPS) is 12.0. The maximum atomic E-state index is 12.7. The summed E-state index contributed by atoms with van der Waals surface area (Å²) in [5.41, 5.74) is 2.67. The van der Waals surface area contributed by atoms with Crippen molar-refractivity contribution in [3.8, 4) is 17.2 Å². The van der Waals surface area contributed by atoms with E-state index in [1.807, 2.05) is 38.1 Å². The van der Waals surface area contributed by atoms with E-state index in [0.29, 0.717) is 23.1 Å². The Bertz CT molecular complexity index is 873. The summed E-state index contributed by atoms with van der Waals surface area (Å²) in [6, 6.07) is 15.0. The summed E-state index contributed by atoms with van der Waals surface area (Å²) in [6.45, 7) is 3.99. The Balaban J connectivity index is 1.73. The monoisotopic (exact) mass is 368 g/mol. The lowest BCUT2D eigenvalue weighted by Gasteiger charge is -2.11. The van der Waals surface area contributed by atoms with E-state index in [0.717, 1.165) is 11.3 Å². The van der Waals surface area contributed by atoms with Gasteiger partial charge in [0.25, 0.3) is 5.22 Å². The number of thioether (sulfide) groups is 1. The molecule has 0 aliphatic carbocycles. The topological polar surface area (TPSA) is 65.2 Å². The molecule has 6 heteroatoms. The molecule has 0 fully saturated rings. The Morgan fingerprint density at radius 3 is 2.42 bits per heavy atom. The molecule has 3 rings (SSSR count). The number of ketones is 1. The predicted molar refractivity (Wildman–Crippen MR) is 102 cm³/mol. The second-order valence-corrected chi connectivity index (χ2v) is 7.00. The third-order valence-electron chi connectivity index (χ3n) is 3.99. The molecule has 1 heterocycles. The van der Waals surface area contributed by atoms with E-state index in [-0.39, 0.29) is 11.0 Å². The molecule has 0 radical (unpaired) electrons. The number of benzene rings is 2. The van der Waals surface area contributed by atoms with Gasteiger partial charge < -0.3 is 9.15 Å². The van der Waals surface area contributed by atoms with Crippen molar-refractivity contribution in [1.29, 1.82) is 0 Å². The molecule has 2 aromatic carbocycles. The number of Topliss-reactive ketones (excluding diaryl/α,β-unsaturated/α-hetero) is 1. The zero-order valence-corrected chi connectivity index (χ0v) is 15.7. The first-order chi connectivity index (χ1) is 12.6. The number of rotatable bonds is 7. The molecule has 0 N–H and O–H groups in total. The van der Waals surface area contributed by atoms with Crippen LogP contribution in [0.5, 0.6) is 5.75 Å². The van der Waals surface area contributed by atoms with E-state index >= 15 is 0 Å². The molecule has 0 spiro atoms. The van der Waals surface area contributed by atoms with Gasteiger partial charge in [0.2, 0.25) is 5.89 Å². The minimum Gasteiger partial charge on any atom is -0.497 e. The van der Waals surface area contributed by atoms with Crippen molar-refractivity contribution in [3.63, 3.8) is 0 Å². The molecule has 3 aromatic rings. The number of aromatic nitrogens is 2. The summed E-state index contributed by atoms with van der Waals surface area (Å²) in [6.07, 6.45) is 0.664. The molecule has 0 saturated heterocycles. The van der Waals surface area contributed by atoms with Crippen LogP contribution in [0, 0.1) is 6.92 Å². The third-order valence-corrected chi connectivity index (χ3v) is 5.18. The summed E-state index contributed by atoms with van der Waals surface area (Å²) in [7, 11) is 1.60. The van der Waals surface area contributed by atoms with Crippen molar-refractivity contribution in [1.82, 2.24) is 10.2 Å². The van der Waals surface area contributed by atoms with Gasteiger partial charge in [-0.2, -0.15) is 0 Å². The number of nitrogens with zero attached hydrogens (tertiary/aromatic N) is 2. The number of hydrogen-bond acceptors (Lipinski definition) is 6. The van der Waals surface area contributed by atoms with Crippen LogP contribution in [0.25, 0.3) is 11.5 Å².